The highest BCUT2D eigenvalue weighted by Gasteiger charge is 2.11. The van der Waals surface area contributed by atoms with Crippen LogP contribution in [0.4, 0.5) is 5.69 Å². The molecule has 0 saturated heterocycles. The van der Waals surface area contributed by atoms with E-state index in [0.29, 0.717) is 18.1 Å². The number of nitrogens with zero attached hydrogens (tertiary/aromatic N) is 4. The highest BCUT2D eigenvalue weighted by Crippen LogP contribution is 2.08. The maximum absolute atomic E-state index is 11.7. The highest BCUT2D eigenvalue weighted by atomic mass is 16.2. The van der Waals surface area contributed by atoms with Crippen molar-refractivity contribution in [3.8, 4) is 0 Å². The van der Waals surface area contributed by atoms with E-state index in [-0.39, 0.29) is 5.91 Å². The first-order chi connectivity index (χ1) is 7.00. The summed E-state index contributed by atoms with van der Waals surface area (Å²) >= 11 is 0. The normalized spacial score (nSPS) is 10.5. The predicted octanol–water partition coefficient (Wildman–Crippen LogP) is 0.309. The molecule has 1 aromatic heterocycles. The third-order valence-electron chi connectivity index (χ3n) is 1.98. The Labute approximate surface area is 89.7 Å². The molecule has 0 bridgehead atoms. The molecular weight excluding hydrogens is 192 g/mol. The van der Waals surface area contributed by atoms with Crippen LogP contribution < -0.4 is 4.90 Å². The first kappa shape index (κ1) is 11.6. The molecule has 0 spiro atoms. The van der Waals surface area contributed by atoms with Crippen LogP contribution in [-0.4, -0.2) is 48.5 Å². The maximum atomic E-state index is 11.7. The second-order valence-corrected chi connectivity index (χ2v) is 3.68. The Balaban J connectivity index is 2.71. The first-order valence-corrected chi connectivity index (χ1v) is 4.70. The molecule has 0 saturated carbocycles. The van der Waals surface area contributed by atoms with Crippen LogP contribution in [0.25, 0.3) is 0 Å². The van der Waals surface area contributed by atoms with Crippen LogP contribution in [0, 0.1) is 6.92 Å². The summed E-state index contributed by atoms with van der Waals surface area (Å²) in [6.07, 6.45) is 3.30. The van der Waals surface area contributed by atoms with E-state index in [2.05, 4.69) is 9.97 Å². The summed E-state index contributed by atoms with van der Waals surface area (Å²) in [6, 6.07) is 0. The Bertz CT molecular complexity index is 334. The number of anilines is 1. The van der Waals surface area contributed by atoms with Crippen molar-refractivity contribution < 1.29 is 4.79 Å². The lowest BCUT2D eigenvalue weighted by atomic mass is 10.4. The molecule has 1 amide bonds. The number of hydrogen-bond donors (Lipinski definition) is 0. The van der Waals surface area contributed by atoms with Crippen LogP contribution in [0.1, 0.15) is 5.82 Å². The van der Waals surface area contributed by atoms with Crippen molar-refractivity contribution in [3.05, 3.63) is 18.2 Å². The van der Waals surface area contributed by atoms with Gasteiger partial charge in [-0.25, -0.2) is 9.97 Å². The van der Waals surface area contributed by atoms with Crippen molar-refractivity contribution >= 4 is 11.6 Å². The minimum Gasteiger partial charge on any atom is -0.312 e. The van der Waals surface area contributed by atoms with Gasteiger partial charge in [0.15, 0.2) is 0 Å². The summed E-state index contributed by atoms with van der Waals surface area (Å²) in [6.45, 7) is 2.19. The van der Waals surface area contributed by atoms with Crippen molar-refractivity contribution in [2.75, 3.05) is 32.6 Å². The van der Waals surface area contributed by atoms with E-state index >= 15 is 0 Å². The molecular formula is C10H16N4O. The van der Waals surface area contributed by atoms with Crippen molar-refractivity contribution in [3.63, 3.8) is 0 Å². The number of carbonyl (C=O) groups excluding carboxylic acids is 1. The van der Waals surface area contributed by atoms with E-state index in [1.807, 2.05) is 25.9 Å². The van der Waals surface area contributed by atoms with Crippen LogP contribution in [-0.2, 0) is 4.79 Å². The monoisotopic (exact) mass is 208 g/mol. The average Bonchev–Trinajstić information content (AvgIpc) is 2.17. The third kappa shape index (κ3) is 3.28. The SMILES string of the molecule is Cc1ncc(N(C)C(=O)CN(C)C)cn1. The van der Waals surface area contributed by atoms with E-state index in [9.17, 15) is 4.79 Å². The lowest BCUT2D eigenvalue weighted by molar-refractivity contribution is -0.118. The quantitative estimate of drug-likeness (QED) is 0.717. The van der Waals surface area contributed by atoms with Gasteiger partial charge in [-0.3, -0.25) is 4.79 Å². The minimum absolute atomic E-state index is 0.0208. The van der Waals surface area contributed by atoms with Gasteiger partial charge in [0.2, 0.25) is 5.91 Å². The summed E-state index contributed by atoms with van der Waals surface area (Å²) in [4.78, 5) is 23.1. The van der Waals surface area contributed by atoms with Gasteiger partial charge in [-0.15, -0.1) is 0 Å². The van der Waals surface area contributed by atoms with Gasteiger partial charge in [0.25, 0.3) is 0 Å². The molecule has 0 atom stereocenters. The summed E-state index contributed by atoms with van der Waals surface area (Å²) < 4.78 is 0. The van der Waals surface area contributed by atoms with Crippen LogP contribution in [0.2, 0.25) is 0 Å². The van der Waals surface area contributed by atoms with Gasteiger partial charge in [0, 0.05) is 7.05 Å². The summed E-state index contributed by atoms with van der Waals surface area (Å²) in [7, 11) is 5.44. The standard InChI is InChI=1S/C10H16N4O/c1-8-11-5-9(6-12-8)14(4)10(15)7-13(2)3/h5-6H,7H2,1-4H3. The van der Waals surface area contributed by atoms with Crippen LogP contribution in [0.5, 0.6) is 0 Å². The van der Waals surface area contributed by atoms with Crippen molar-refractivity contribution in [1.29, 1.82) is 0 Å². The first-order valence-electron chi connectivity index (χ1n) is 4.70. The minimum atomic E-state index is 0.0208. The lowest BCUT2D eigenvalue weighted by Crippen LogP contribution is -2.35. The lowest BCUT2D eigenvalue weighted by Gasteiger charge is -2.18. The molecule has 0 radical (unpaired) electrons. The Kier molecular flexibility index (Phi) is 3.74. The van der Waals surface area contributed by atoms with Crippen molar-refractivity contribution in [2.45, 2.75) is 6.92 Å². The van der Waals surface area contributed by atoms with Gasteiger partial charge < -0.3 is 9.80 Å². The van der Waals surface area contributed by atoms with E-state index in [4.69, 9.17) is 0 Å². The predicted molar refractivity (Wildman–Crippen MR) is 58.7 cm³/mol. The third-order valence-corrected chi connectivity index (χ3v) is 1.98. The summed E-state index contributed by atoms with van der Waals surface area (Å²) in [5.41, 5.74) is 0.715. The molecule has 1 aromatic rings. The fourth-order valence-corrected chi connectivity index (χ4v) is 1.08. The fraction of sp³-hybridized carbons (Fsp3) is 0.500. The second kappa shape index (κ2) is 4.84. The Morgan fingerprint density at radius 3 is 2.27 bits per heavy atom. The molecule has 1 rings (SSSR count). The molecule has 1 heterocycles. The number of aromatic nitrogens is 2. The van der Waals surface area contributed by atoms with E-state index < -0.39 is 0 Å². The van der Waals surface area contributed by atoms with Crippen LogP contribution in [0.3, 0.4) is 0 Å². The molecule has 5 heteroatoms. The number of amides is 1. The smallest absolute Gasteiger partial charge is 0.240 e. The number of aryl methyl sites for hydroxylation is 1. The van der Waals surface area contributed by atoms with Crippen LogP contribution >= 0.6 is 0 Å². The van der Waals surface area contributed by atoms with Crippen molar-refractivity contribution in [1.82, 2.24) is 14.9 Å². The second-order valence-electron chi connectivity index (χ2n) is 3.68. The molecule has 15 heavy (non-hydrogen) atoms. The van der Waals surface area contributed by atoms with Gasteiger partial charge in [-0.1, -0.05) is 0 Å². The summed E-state index contributed by atoms with van der Waals surface area (Å²) in [5.74, 6) is 0.722. The zero-order valence-corrected chi connectivity index (χ0v) is 9.56. The topological polar surface area (TPSA) is 49.3 Å². The number of likely N-dealkylation sites (N-methyl/N-ethyl adjacent to an activating group) is 2. The Morgan fingerprint density at radius 1 is 1.27 bits per heavy atom. The molecule has 0 aliphatic rings. The van der Waals surface area contributed by atoms with E-state index in [0.717, 1.165) is 0 Å². The zero-order valence-electron chi connectivity index (χ0n) is 9.56. The molecule has 82 valence electrons. The number of carbonyl (C=O) groups is 1. The zero-order chi connectivity index (χ0) is 11.4. The molecule has 0 fully saturated rings. The van der Waals surface area contributed by atoms with Gasteiger partial charge in [0.1, 0.15) is 5.82 Å². The average molecular weight is 208 g/mol. The van der Waals surface area contributed by atoms with Gasteiger partial charge >= 0.3 is 0 Å². The van der Waals surface area contributed by atoms with E-state index in [1.165, 1.54) is 0 Å². The molecule has 0 unspecified atom stereocenters. The maximum Gasteiger partial charge on any atom is 0.240 e. The molecule has 0 N–H and O–H groups in total. The highest BCUT2D eigenvalue weighted by molar-refractivity contribution is 5.93. The largest absolute Gasteiger partial charge is 0.312 e. The summed E-state index contributed by atoms with van der Waals surface area (Å²) in [5, 5.41) is 0. The molecule has 0 aromatic carbocycles. The molecule has 5 nitrogen and oxygen atoms in total. The van der Waals surface area contributed by atoms with Gasteiger partial charge in [-0.05, 0) is 21.0 Å². The number of hydrogen-bond acceptors (Lipinski definition) is 4. The molecule has 0 aliphatic heterocycles. The number of rotatable bonds is 3. The Hall–Kier alpha value is -1.49. The van der Waals surface area contributed by atoms with Crippen LogP contribution in [0.15, 0.2) is 12.4 Å². The van der Waals surface area contributed by atoms with E-state index in [1.54, 1.807) is 24.3 Å². The fourth-order valence-electron chi connectivity index (χ4n) is 1.08. The Morgan fingerprint density at radius 2 is 1.80 bits per heavy atom. The van der Waals surface area contributed by atoms with Gasteiger partial charge in [0.05, 0.1) is 24.6 Å². The molecule has 0 aliphatic carbocycles. The van der Waals surface area contributed by atoms with Gasteiger partial charge in [-0.2, -0.15) is 0 Å². The van der Waals surface area contributed by atoms with Crippen molar-refractivity contribution in [2.24, 2.45) is 0 Å².